The third-order valence-electron chi connectivity index (χ3n) is 4.96. The first-order valence-corrected chi connectivity index (χ1v) is 9.74. The summed E-state index contributed by atoms with van der Waals surface area (Å²) in [6.45, 7) is 2.07. The summed E-state index contributed by atoms with van der Waals surface area (Å²) in [5, 5.41) is 7.83. The van der Waals surface area contributed by atoms with Crippen molar-refractivity contribution in [3.63, 3.8) is 0 Å². The number of anilines is 1. The van der Waals surface area contributed by atoms with Crippen molar-refractivity contribution in [2.45, 2.75) is 19.3 Å². The third-order valence-corrected chi connectivity index (χ3v) is 6.32. The molecule has 0 bridgehead atoms. The fraction of sp³-hybridized carbons (Fsp3) is 0.412. The Morgan fingerprint density at radius 1 is 1.09 bits per heavy atom. The molecule has 23 heavy (non-hydrogen) atoms. The van der Waals surface area contributed by atoms with Crippen molar-refractivity contribution in [3.05, 3.63) is 39.2 Å². The molecular weight excluding hydrogens is 328 g/mol. The lowest BCUT2D eigenvalue weighted by Gasteiger charge is -2.38. The Morgan fingerprint density at radius 3 is 2.65 bits per heavy atom. The Hall–Kier alpha value is -1.66. The van der Waals surface area contributed by atoms with Gasteiger partial charge in [0, 0.05) is 30.4 Å². The van der Waals surface area contributed by atoms with E-state index >= 15 is 0 Å². The van der Waals surface area contributed by atoms with Crippen LogP contribution in [0.3, 0.4) is 0 Å². The molecule has 2 aromatic heterocycles. The fourth-order valence-electron chi connectivity index (χ4n) is 3.73. The average Bonchev–Trinajstić information content (AvgIpc) is 3.31. The van der Waals surface area contributed by atoms with E-state index in [1.807, 2.05) is 43.5 Å². The molecule has 1 atom stereocenters. The molecule has 6 heteroatoms. The van der Waals surface area contributed by atoms with Crippen molar-refractivity contribution in [3.8, 4) is 0 Å². The Bertz CT molecular complexity index is 711. The zero-order valence-corrected chi connectivity index (χ0v) is 14.4. The number of carbonyl (C=O) groups excluding carboxylic acids is 2. The van der Waals surface area contributed by atoms with Gasteiger partial charge in [0.2, 0.25) is 5.91 Å². The molecule has 0 aliphatic carbocycles. The number of carbonyl (C=O) groups is 2. The molecule has 120 valence electrons. The van der Waals surface area contributed by atoms with Gasteiger partial charge in [-0.05, 0) is 42.2 Å². The molecular formula is C17H18N2O2S2. The molecule has 4 heterocycles. The maximum absolute atomic E-state index is 13.0. The van der Waals surface area contributed by atoms with E-state index in [1.54, 1.807) is 11.3 Å². The number of likely N-dealkylation sites (tertiary alicyclic amines) is 1. The molecule has 2 fully saturated rings. The second kappa shape index (κ2) is 5.76. The molecule has 4 rings (SSSR count). The Morgan fingerprint density at radius 2 is 1.91 bits per heavy atom. The predicted octanol–water partition coefficient (Wildman–Crippen LogP) is 3.47. The van der Waals surface area contributed by atoms with Crippen LogP contribution >= 0.6 is 22.7 Å². The van der Waals surface area contributed by atoms with Crippen LogP contribution in [0.25, 0.3) is 0 Å². The summed E-state index contributed by atoms with van der Waals surface area (Å²) in [5.41, 5.74) is 1.36. The second-order valence-corrected chi connectivity index (χ2v) is 7.87. The Kier molecular flexibility index (Phi) is 3.73. The highest BCUT2D eigenvalue weighted by Gasteiger charge is 2.50. The van der Waals surface area contributed by atoms with Gasteiger partial charge < -0.3 is 9.80 Å². The number of hydrogen-bond acceptors (Lipinski definition) is 4. The molecule has 4 nitrogen and oxygen atoms in total. The highest BCUT2D eigenvalue weighted by Crippen LogP contribution is 2.42. The minimum atomic E-state index is -0.383. The van der Waals surface area contributed by atoms with E-state index in [-0.39, 0.29) is 17.2 Å². The predicted molar refractivity (Wildman–Crippen MR) is 93.2 cm³/mol. The fourth-order valence-corrected chi connectivity index (χ4v) is 5.00. The maximum atomic E-state index is 13.0. The molecule has 2 amide bonds. The highest BCUT2D eigenvalue weighted by molar-refractivity contribution is 7.08. The summed E-state index contributed by atoms with van der Waals surface area (Å²) in [7, 11) is 0. The first kappa shape index (κ1) is 14.9. The van der Waals surface area contributed by atoms with Gasteiger partial charge in [0.1, 0.15) is 0 Å². The zero-order valence-electron chi connectivity index (χ0n) is 12.7. The van der Waals surface area contributed by atoms with Gasteiger partial charge in [-0.3, -0.25) is 9.59 Å². The van der Waals surface area contributed by atoms with Gasteiger partial charge in [0.05, 0.1) is 16.7 Å². The topological polar surface area (TPSA) is 40.6 Å². The Labute approximate surface area is 143 Å². The smallest absolute Gasteiger partial charge is 0.254 e. The summed E-state index contributed by atoms with van der Waals surface area (Å²) in [6.07, 6.45) is 2.63. The normalized spacial score (nSPS) is 24.6. The molecule has 2 aliphatic rings. The van der Waals surface area contributed by atoms with E-state index in [4.69, 9.17) is 0 Å². The molecule has 0 radical (unpaired) electrons. The molecule has 1 spiro atoms. The summed E-state index contributed by atoms with van der Waals surface area (Å²) in [5.74, 6) is 0.255. The van der Waals surface area contributed by atoms with Crippen LogP contribution in [0, 0.1) is 5.41 Å². The largest absolute Gasteiger partial charge is 0.338 e. The van der Waals surface area contributed by atoms with Crippen LogP contribution in [0.1, 0.15) is 29.6 Å². The Balaban J connectivity index is 1.55. The summed E-state index contributed by atoms with van der Waals surface area (Å²) in [4.78, 5) is 29.4. The third kappa shape index (κ3) is 2.50. The van der Waals surface area contributed by atoms with Crippen molar-refractivity contribution < 1.29 is 9.59 Å². The lowest BCUT2D eigenvalue weighted by atomic mass is 9.78. The van der Waals surface area contributed by atoms with Crippen LogP contribution in [-0.2, 0) is 4.79 Å². The van der Waals surface area contributed by atoms with E-state index in [9.17, 15) is 9.59 Å². The van der Waals surface area contributed by atoms with Gasteiger partial charge in [0.15, 0.2) is 0 Å². The molecule has 2 saturated heterocycles. The highest BCUT2D eigenvalue weighted by atomic mass is 32.1. The number of rotatable bonds is 2. The number of amides is 2. The number of piperidine rings is 1. The molecule has 2 aliphatic heterocycles. The van der Waals surface area contributed by atoms with Gasteiger partial charge in [-0.1, -0.05) is 0 Å². The minimum Gasteiger partial charge on any atom is -0.338 e. The molecule has 1 unspecified atom stereocenters. The number of nitrogens with zero attached hydrogens (tertiary/aromatic N) is 2. The van der Waals surface area contributed by atoms with Crippen LogP contribution < -0.4 is 4.90 Å². The summed E-state index contributed by atoms with van der Waals surface area (Å²) < 4.78 is 0. The van der Waals surface area contributed by atoms with Crippen molar-refractivity contribution >= 4 is 40.2 Å². The number of hydrogen-bond donors (Lipinski definition) is 0. The quantitative estimate of drug-likeness (QED) is 0.835. The van der Waals surface area contributed by atoms with E-state index < -0.39 is 0 Å². The van der Waals surface area contributed by atoms with Gasteiger partial charge in [0.25, 0.3) is 5.91 Å². The lowest BCUT2D eigenvalue weighted by Crippen LogP contribution is -2.49. The van der Waals surface area contributed by atoms with E-state index in [0.29, 0.717) is 6.54 Å². The van der Waals surface area contributed by atoms with Crippen LogP contribution in [0.5, 0.6) is 0 Å². The van der Waals surface area contributed by atoms with E-state index in [2.05, 4.69) is 0 Å². The zero-order chi connectivity index (χ0) is 15.9. The lowest BCUT2D eigenvalue weighted by molar-refractivity contribution is -0.127. The van der Waals surface area contributed by atoms with Gasteiger partial charge in [-0.15, -0.1) is 0 Å². The average molecular weight is 346 g/mol. The first-order chi connectivity index (χ1) is 11.2. The van der Waals surface area contributed by atoms with Crippen LogP contribution in [0.4, 0.5) is 5.69 Å². The van der Waals surface area contributed by atoms with E-state index in [0.717, 1.165) is 43.6 Å². The van der Waals surface area contributed by atoms with Gasteiger partial charge in [-0.2, -0.15) is 22.7 Å². The van der Waals surface area contributed by atoms with Crippen molar-refractivity contribution in [2.75, 3.05) is 24.5 Å². The first-order valence-electron chi connectivity index (χ1n) is 7.85. The van der Waals surface area contributed by atoms with Crippen molar-refractivity contribution in [2.24, 2.45) is 5.41 Å². The van der Waals surface area contributed by atoms with Gasteiger partial charge in [-0.25, -0.2) is 0 Å². The van der Waals surface area contributed by atoms with Gasteiger partial charge >= 0.3 is 0 Å². The summed E-state index contributed by atoms with van der Waals surface area (Å²) in [6, 6.07) is 3.86. The molecule has 0 saturated carbocycles. The maximum Gasteiger partial charge on any atom is 0.254 e. The molecule has 2 aromatic rings. The SMILES string of the molecule is O=C(c1ccsc1)N1CCCC2(CCN(c3ccsc3)C2=O)C1. The number of thiophene rings is 2. The van der Waals surface area contributed by atoms with Crippen LogP contribution in [0.15, 0.2) is 33.7 Å². The standard InChI is InChI=1S/C17H18N2O2S2/c20-15(13-2-8-22-10-13)18-6-1-4-17(12-18)5-7-19(16(17)21)14-3-9-23-11-14/h2-3,8-11H,1,4-7,12H2. The van der Waals surface area contributed by atoms with Crippen LogP contribution in [-0.4, -0.2) is 36.3 Å². The minimum absolute atomic E-state index is 0.0621. The van der Waals surface area contributed by atoms with Crippen molar-refractivity contribution in [1.82, 2.24) is 4.90 Å². The van der Waals surface area contributed by atoms with Crippen LogP contribution in [0.2, 0.25) is 0 Å². The monoisotopic (exact) mass is 346 g/mol. The molecule has 0 N–H and O–H groups in total. The second-order valence-electron chi connectivity index (χ2n) is 6.31. The summed E-state index contributed by atoms with van der Waals surface area (Å²) >= 11 is 3.14. The van der Waals surface area contributed by atoms with Crippen molar-refractivity contribution in [1.29, 1.82) is 0 Å². The van der Waals surface area contributed by atoms with E-state index in [1.165, 1.54) is 11.3 Å². The molecule has 0 aromatic carbocycles.